The molecule has 0 aliphatic carbocycles. The molecule has 1 aromatic carbocycles. The molecular weight excluding hydrogens is 294 g/mol. The van der Waals surface area contributed by atoms with Crippen LogP contribution in [0.15, 0.2) is 24.3 Å². The average molecular weight is 314 g/mol. The van der Waals surface area contributed by atoms with Crippen molar-refractivity contribution in [1.29, 1.82) is 0 Å². The highest BCUT2D eigenvalue weighted by Gasteiger charge is 2.24. The summed E-state index contributed by atoms with van der Waals surface area (Å²) >= 11 is 6.00. The van der Waals surface area contributed by atoms with E-state index in [-0.39, 0.29) is 12.5 Å². The molecule has 0 N–H and O–H groups in total. The van der Waals surface area contributed by atoms with E-state index in [0.717, 1.165) is 6.42 Å². The number of amides is 1. The standard InChI is InChI=1S/C15H20ClNO4/c1-4-9-17(10-14(18)20-3)15(19)11(2)21-13-8-6-5-7-12(13)16/h5-8,11H,4,9-10H2,1-3H3. The summed E-state index contributed by atoms with van der Waals surface area (Å²) in [5.41, 5.74) is 0. The molecule has 1 unspecified atom stereocenters. The van der Waals surface area contributed by atoms with Crippen molar-refractivity contribution in [2.75, 3.05) is 20.2 Å². The summed E-state index contributed by atoms with van der Waals surface area (Å²) in [6, 6.07) is 6.93. The van der Waals surface area contributed by atoms with Crippen LogP contribution in [0.4, 0.5) is 0 Å². The fourth-order valence-electron chi connectivity index (χ4n) is 1.80. The average Bonchev–Trinajstić information content (AvgIpc) is 2.48. The Bertz CT molecular complexity index is 492. The van der Waals surface area contributed by atoms with Crippen LogP contribution in [0.5, 0.6) is 5.75 Å². The summed E-state index contributed by atoms with van der Waals surface area (Å²) in [6.45, 7) is 3.94. The Kier molecular flexibility index (Phi) is 7.02. The Morgan fingerprint density at radius 2 is 2.00 bits per heavy atom. The molecule has 6 heteroatoms. The normalized spacial score (nSPS) is 11.6. The number of para-hydroxylation sites is 1. The third kappa shape index (κ3) is 5.27. The summed E-state index contributed by atoms with van der Waals surface area (Å²) in [6.07, 6.45) is 0.00256. The molecule has 1 atom stereocenters. The van der Waals surface area contributed by atoms with E-state index in [1.54, 1.807) is 31.2 Å². The van der Waals surface area contributed by atoms with Gasteiger partial charge >= 0.3 is 5.97 Å². The van der Waals surface area contributed by atoms with Crippen LogP contribution in [-0.2, 0) is 14.3 Å². The van der Waals surface area contributed by atoms with Crippen molar-refractivity contribution < 1.29 is 19.1 Å². The van der Waals surface area contributed by atoms with Crippen molar-refractivity contribution in [2.45, 2.75) is 26.4 Å². The minimum absolute atomic E-state index is 0.0839. The molecule has 0 spiro atoms. The first-order chi connectivity index (χ1) is 9.99. The maximum atomic E-state index is 12.4. The van der Waals surface area contributed by atoms with E-state index in [9.17, 15) is 9.59 Å². The van der Waals surface area contributed by atoms with E-state index in [0.29, 0.717) is 17.3 Å². The van der Waals surface area contributed by atoms with E-state index in [4.69, 9.17) is 16.3 Å². The molecule has 1 amide bonds. The molecule has 5 nitrogen and oxygen atoms in total. The van der Waals surface area contributed by atoms with Gasteiger partial charge < -0.3 is 14.4 Å². The van der Waals surface area contributed by atoms with Gasteiger partial charge in [-0.3, -0.25) is 9.59 Å². The molecule has 0 radical (unpaired) electrons. The van der Waals surface area contributed by atoms with Crippen LogP contribution in [0.25, 0.3) is 0 Å². The van der Waals surface area contributed by atoms with Crippen molar-refractivity contribution in [3.05, 3.63) is 29.3 Å². The van der Waals surface area contributed by atoms with E-state index in [1.807, 2.05) is 6.92 Å². The molecule has 0 aromatic heterocycles. The van der Waals surface area contributed by atoms with Crippen LogP contribution in [-0.4, -0.2) is 43.1 Å². The molecule has 1 aromatic rings. The predicted molar refractivity (Wildman–Crippen MR) is 80.4 cm³/mol. The molecule has 0 bridgehead atoms. The van der Waals surface area contributed by atoms with Crippen LogP contribution in [0.1, 0.15) is 20.3 Å². The monoisotopic (exact) mass is 313 g/mol. The first kappa shape index (κ1) is 17.3. The molecule has 0 saturated carbocycles. The van der Waals surface area contributed by atoms with Gasteiger partial charge in [0.2, 0.25) is 0 Å². The van der Waals surface area contributed by atoms with Crippen LogP contribution in [0, 0.1) is 0 Å². The zero-order chi connectivity index (χ0) is 15.8. The maximum absolute atomic E-state index is 12.4. The van der Waals surface area contributed by atoms with Gasteiger partial charge in [-0.15, -0.1) is 0 Å². The van der Waals surface area contributed by atoms with Crippen LogP contribution in [0.3, 0.4) is 0 Å². The van der Waals surface area contributed by atoms with Gasteiger partial charge in [0.05, 0.1) is 12.1 Å². The van der Waals surface area contributed by atoms with Gasteiger partial charge in [-0.1, -0.05) is 30.7 Å². The summed E-state index contributed by atoms with van der Waals surface area (Å²) in [5.74, 6) is -0.293. The number of ether oxygens (including phenoxy) is 2. The molecular formula is C15H20ClNO4. The predicted octanol–water partition coefficient (Wildman–Crippen LogP) is 2.52. The van der Waals surface area contributed by atoms with Gasteiger partial charge in [0.1, 0.15) is 12.3 Å². The van der Waals surface area contributed by atoms with E-state index < -0.39 is 12.1 Å². The second kappa shape index (κ2) is 8.52. The number of hydrogen-bond acceptors (Lipinski definition) is 4. The third-order valence-electron chi connectivity index (χ3n) is 2.84. The maximum Gasteiger partial charge on any atom is 0.325 e. The fraction of sp³-hybridized carbons (Fsp3) is 0.467. The van der Waals surface area contributed by atoms with Gasteiger partial charge in [-0.2, -0.15) is 0 Å². The highest BCUT2D eigenvalue weighted by atomic mass is 35.5. The molecule has 0 heterocycles. The lowest BCUT2D eigenvalue weighted by Gasteiger charge is -2.24. The summed E-state index contributed by atoms with van der Waals surface area (Å²) in [7, 11) is 1.29. The minimum atomic E-state index is -0.735. The van der Waals surface area contributed by atoms with Crippen LogP contribution >= 0.6 is 11.6 Å². The lowest BCUT2D eigenvalue weighted by atomic mass is 10.3. The van der Waals surface area contributed by atoms with E-state index in [2.05, 4.69) is 4.74 Å². The highest BCUT2D eigenvalue weighted by Crippen LogP contribution is 2.24. The zero-order valence-corrected chi connectivity index (χ0v) is 13.2. The Balaban J connectivity index is 2.73. The molecule has 21 heavy (non-hydrogen) atoms. The number of benzene rings is 1. The zero-order valence-electron chi connectivity index (χ0n) is 12.5. The second-order valence-corrected chi connectivity index (χ2v) is 4.93. The summed E-state index contributed by atoms with van der Waals surface area (Å²) in [5, 5.41) is 0.437. The number of esters is 1. The number of rotatable bonds is 7. The minimum Gasteiger partial charge on any atom is -0.479 e. The molecule has 1 rings (SSSR count). The van der Waals surface area contributed by atoms with Crippen molar-refractivity contribution in [2.24, 2.45) is 0 Å². The molecule has 0 saturated heterocycles. The fourth-order valence-corrected chi connectivity index (χ4v) is 1.98. The van der Waals surface area contributed by atoms with Crippen molar-refractivity contribution in [3.8, 4) is 5.75 Å². The Morgan fingerprint density at radius 1 is 1.33 bits per heavy atom. The van der Waals surface area contributed by atoms with Crippen LogP contribution in [0.2, 0.25) is 5.02 Å². The van der Waals surface area contributed by atoms with E-state index >= 15 is 0 Å². The van der Waals surface area contributed by atoms with Crippen molar-refractivity contribution in [3.63, 3.8) is 0 Å². The van der Waals surface area contributed by atoms with Gasteiger partial charge in [-0.05, 0) is 25.5 Å². The topological polar surface area (TPSA) is 55.8 Å². The molecule has 0 aliphatic heterocycles. The van der Waals surface area contributed by atoms with Gasteiger partial charge in [-0.25, -0.2) is 0 Å². The summed E-state index contributed by atoms with van der Waals surface area (Å²) in [4.78, 5) is 25.1. The number of halogens is 1. The number of carbonyl (C=O) groups excluding carboxylic acids is 2. The Morgan fingerprint density at radius 3 is 2.57 bits per heavy atom. The first-order valence-corrected chi connectivity index (χ1v) is 7.14. The third-order valence-corrected chi connectivity index (χ3v) is 3.15. The smallest absolute Gasteiger partial charge is 0.325 e. The van der Waals surface area contributed by atoms with E-state index in [1.165, 1.54) is 12.0 Å². The van der Waals surface area contributed by atoms with Gasteiger partial charge in [0, 0.05) is 6.54 Å². The number of methoxy groups -OCH3 is 1. The van der Waals surface area contributed by atoms with Crippen LogP contribution < -0.4 is 4.74 Å². The lowest BCUT2D eigenvalue weighted by molar-refractivity contribution is -0.149. The lowest BCUT2D eigenvalue weighted by Crippen LogP contribution is -2.43. The van der Waals surface area contributed by atoms with Gasteiger partial charge in [0.15, 0.2) is 6.10 Å². The Hall–Kier alpha value is -1.75. The second-order valence-electron chi connectivity index (χ2n) is 4.53. The largest absolute Gasteiger partial charge is 0.479 e. The van der Waals surface area contributed by atoms with Crippen molar-refractivity contribution >= 4 is 23.5 Å². The number of nitrogens with zero attached hydrogens (tertiary/aromatic N) is 1. The molecule has 116 valence electrons. The number of carbonyl (C=O) groups is 2. The number of hydrogen-bond donors (Lipinski definition) is 0. The molecule has 0 aliphatic rings. The SMILES string of the molecule is CCCN(CC(=O)OC)C(=O)C(C)Oc1ccccc1Cl. The van der Waals surface area contributed by atoms with Gasteiger partial charge in [0.25, 0.3) is 5.91 Å². The van der Waals surface area contributed by atoms with Crippen molar-refractivity contribution in [1.82, 2.24) is 4.90 Å². The highest BCUT2D eigenvalue weighted by molar-refractivity contribution is 6.32. The quantitative estimate of drug-likeness (QED) is 0.726. The summed E-state index contributed by atoms with van der Waals surface area (Å²) < 4.78 is 10.2. The molecule has 0 fully saturated rings. The Labute approximate surface area is 129 Å². The first-order valence-electron chi connectivity index (χ1n) is 6.76.